The second kappa shape index (κ2) is 4.29. The van der Waals surface area contributed by atoms with Crippen molar-refractivity contribution < 1.29 is 18.3 Å². The molecule has 1 heterocycles. The second-order valence-electron chi connectivity index (χ2n) is 3.24. The van der Waals surface area contributed by atoms with Gasteiger partial charge in [0.2, 0.25) is 0 Å². The Bertz CT molecular complexity index is 583. The first-order valence-corrected chi connectivity index (χ1v) is 4.96. The van der Waals surface area contributed by atoms with Crippen LogP contribution >= 0.6 is 11.6 Å². The Labute approximate surface area is 99.7 Å². The summed E-state index contributed by atoms with van der Waals surface area (Å²) < 4.78 is 29.9. The average Bonchev–Trinajstić information content (AvgIpc) is 2.65. The minimum absolute atomic E-state index is 0.208. The van der Waals surface area contributed by atoms with Crippen molar-refractivity contribution in [3.63, 3.8) is 0 Å². The quantitative estimate of drug-likeness (QED) is 0.780. The number of nitrogens with zero attached hydrogens (tertiary/aromatic N) is 2. The largest absolute Gasteiger partial charge is 0.465 e. The third kappa shape index (κ3) is 1.95. The second-order valence-corrected chi connectivity index (χ2v) is 3.59. The lowest BCUT2D eigenvalue weighted by Gasteiger charge is -1.99. The van der Waals surface area contributed by atoms with Crippen molar-refractivity contribution in [1.29, 1.82) is 0 Å². The average molecular weight is 261 g/mol. The summed E-state index contributed by atoms with van der Waals surface area (Å²) >= 11 is 5.74. The number of fused-ring (bicyclic) bond motifs is 1. The van der Waals surface area contributed by atoms with Gasteiger partial charge in [-0.25, -0.2) is 4.79 Å². The zero-order valence-electron chi connectivity index (χ0n) is 8.65. The first kappa shape index (κ1) is 11.8. The van der Waals surface area contributed by atoms with Crippen LogP contribution in [0.3, 0.4) is 0 Å². The lowest BCUT2D eigenvalue weighted by Crippen LogP contribution is -2.00. The van der Waals surface area contributed by atoms with Crippen LogP contribution < -0.4 is 0 Å². The maximum Gasteiger partial charge on any atom is 0.337 e. The Morgan fingerprint density at radius 1 is 1.53 bits per heavy atom. The molecule has 0 aliphatic heterocycles. The fraction of sp³-hybridized carbons (Fsp3) is 0.200. The van der Waals surface area contributed by atoms with E-state index in [0.717, 1.165) is 0 Å². The summed E-state index contributed by atoms with van der Waals surface area (Å²) in [4.78, 5) is 11.3. The zero-order valence-corrected chi connectivity index (χ0v) is 9.41. The molecule has 0 bridgehead atoms. The maximum absolute atomic E-state index is 12.5. The van der Waals surface area contributed by atoms with Crippen molar-refractivity contribution in [2.45, 2.75) is 6.55 Å². The van der Waals surface area contributed by atoms with Gasteiger partial charge in [0.25, 0.3) is 0 Å². The summed E-state index contributed by atoms with van der Waals surface area (Å²) in [6, 6.07) is 4.25. The highest BCUT2D eigenvalue weighted by atomic mass is 35.5. The summed E-state index contributed by atoms with van der Waals surface area (Å²) in [5, 5.41) is 3.70. The summed E-state index contributed by atoms with van der Waals surface area (Å²) in [5.41, 5.74) is 0.527. The molecule has 0 aliphatic rings. The van der Waals surface area contributed by atoms with Gasteiger partial charge < -0.3 is 4.74 Å². The van der Waals surface area contributed by atoms with E-state index < -0.39 is 12.5 Å². The van der Waals surface area contributed by atoms with E-state index in [-0.39, 0.29) is 16.1 Å². The van der Waals surface area contributed by atoms with Crippen LogP contribution in [0.15, 0.2) is 18.2 Å². The van der Waals surface area contributed by atoms with Gasteiger partial charge in [0.1, 0.15) is 5.15 Å². The van der Waals surface area contributed by atoms with E-state index in [1.165, 1.54) is 25.3 Å². The first-order valence-electron chi connectivity index (χ1n) is 4.59. The van der Waals surface area contributed by atoms with Crippen LogP contribution in [0, 0.1) is 0 Å². The number of hydrogen-bond donors (Lipinski definition) is 0. The number of halogens is 3. The first-order chi connectivity index (χ1) is 8.04. The third-order valence-corrected chi connectivity index (χ3v) is 2.62. The summed E-state index contributed by atoms with van der Waals surface area (Å²) in [7, 11) is 1.23. The number of carbonyl (C=O) groups is 1. The number of benzene rings is 1. The van der Waals surface area contributed by atoms with Crippen LogP contribution in [-0.2, 0) is 4.74 Å². The molecule has 0 spiro atoms. The summed E-state index contributed by atoms with van der Waals surface area (Å²) in [5.74, 6) is -0.562. The Morgan fingerprint density at radius 2 is 2.24 bits per heavy atom. The number of carbonyl (C=O) groups excluding carboxylic acids is 1. The number of rotatable bonds is 2. The Hall–Kier alpha value is -1.69. The van der Waals surface area contributed by atoms with Gasteiger partial charge in [0.05, 0.1) is 18.2 Å². The number of esters is 1. The van der Waals surface area contributed by atoms with E-state index in [0.29, 0.717) is 10.2 Å². The van der Waals surface area contributed by atoms with Gasteiger partial charge in [-0.2, -0.15) is 18.6 Å². The van der Waals surface area contributed by atoms with E-state index in [4.69, 9.17) is 11.6 Å². The van der Waals surface area contributed by atoms with E-state index in [9.17, 15) is 13.6 Å². The van der Waals surface area contributed by atoms with Gasteiger partial charge >= 0.3 is 12.5 Å². The lowest BCUT2D eigenvalue weighted by atomic mass is 10.1. The minimum Gasteiger partial charge on any atom is -0.465 e. The van der Waals surface area contributed by atoms with Gasteiger partial charge in [-0.15, -0.1) is 0 Å². The van der Waals surface area contributed by atoms with E-state index in [1.807, 2.05) is 0 Å². The Kier molecular flexibility index (Phi) is 2.97. The highest BCUT2D eigenvalue weighted by molar-refractivity contribution is 6.34. The lowest BCUT2D eigenvalue weighted by molar-refractivity contribution is 0.0576. The van der Waals surface area contributed by atoms with Crippen molar-refractivity contribution in [3.05, 3.63) is 28.9 Å². The molecule has 7 heteroatoms. The predicted molar refractivity (Wildman–Crippen MR) is 57.3 cm³/mol. The highest BCUT2D eigenvalue weighted by Gasteiger charge is 2.17. The molecular weight excluding hydrogens is 254 g/mol. The molecule has 1 aromatic heterocycles. The van der Waals surface area contributed by atoms with Crippen LogP contribution in [0.2, 0.25) is 5.15 Å². The molecule has 2 rings (SSSR count). The molecular formula is C10H7ClF2N2O2. The number of ether oxygens (including phenoxy) is 1. The van der Waals surface area contributed by atoms with Crippen molar-refractivity contribution in [3.8, 4) is 0 Å². The SMILES string of the molecule is COC(=O)c1ccc2nn(C(F)F)c(Cl)c2c1. The van der Waals surface area contributed by atoms with Crippen molar-refractivity contribution >= 4 is 28.5 Å². The fourth-order valence-corrected chi connectivity index (χ4v) is 1.71. The molecule has 0 unspecified atom stereocenters. The fourth-order valence-electron chi connectivity index (χ4n) is 1.45. The van der Waals surface area contributed by atoms with Crippen LogP contribution in [0.4, 0.5) is 8.78 Å². The Balaban J connectivity index is 2.61. The minimum atomic E-state index is -2.82. The Morgan fingerprint density at radius 3 is 2.82 bits per heavy atom. The number of hydrogen-bond acceptors (Lipinski definition) is 3. The van der Waals surface area contributed by atoms with Gasteiger partial charge in [0.15, 0.2) is 0 Å². The van der Waals surface area contributed by atoms with Crippen molar-refractivity contribution in [2.24, 2.45) is 0 Å². The third-order valence-electron chi connectivity index (χ3n) is 2.24. The maximum atomic E-state index is 12.5. The molecule has 4 nitrogen and oxygen atoms in total. The van der Waals surface area contributed by atoms with E-state index in [2.05, 4.69) is 9.84 Å². The van der Waals surface area contributed by atoms with Crippen molar-refractivity contribution in [2.75, 3.05) is 7.11 Å². The van der Waals surface area contributed by atoms with E-state index in [1.54, 1.807) is 0 Å². The monoisotopic (exact) mass is 260 g/mol. The van der Waals surface area contributed by atoms with Gasteiger partial charge in [-0.3, -0.25) is 0 Å². The summed E-state index contributed by atoms with van der Waals surface area (Å²) in [6.45, 7) is -2.82. The van der Waals surface area contributed by atoms with Gasteiger partial charge in [0, 0.05) is 5.39 Å². The highest BCUT2D eigenvalue weighted by Crippen LogP contribution is 2.28. The molecule has 17 heavy (non-hydrogen) atoms. The molecule has 2 aromatic rings. The predicted octanol–water partition coefficient (Wildman–Crippen LogP) is 2.87. The molecule has 0 atom stereocenters. The number of alkyl halides is 2. The normalized spacial score (nSPS) is 11.1. The van der Waals surface area contributed by atoms with Gasteiger partial charge in [-0.05, 0) is 18.2 Å². The molecule has 0 N–H and O–H groups in total. The van der Waals surface area contributed by atoms with Crippen LogP contribution in [0.1, 0.15) is 16.9 Å². The molecule has 0 fully saturated rings. The molecule has 0 amide bonds. The van der Waals surface area contributed by atoms with Crippen LogP contribution in [0.25, 0.3) is 10.9 Å². The smallest absolute Gasteiger partial charge is 0.337 e. The standard InChI is InChI=1S/C10H7ClF2N2O2/c1-17-9(16)5-2-3-7-6(4-5)8(11)15(14-7)10(12)13/h2-4,10H,1H3. The van der Waals surface area contributed by atoms with Gasteiger partial charge in [-0.1, -0.05) is 11.6 Å². The van der Waals surface area contributed by atoms with Crippen LogP contribution in [0.5, 0.6) is 0 Å². The molecule has 1 aromatic carbocycles. The number of aromatic nitrogens is 2. The number of methoxy groups -OCH3 is 1. The molecule has 0 aliphatic carbocycles. The van der Waals surface area contributed by atoms with Crippen molar-refractivity contribution in [1.82, 2.24) is 9.78 Å². The molecule has 0 saturated heterocycles. The molecule has 90 valence electrons. The summed E-state index contributed by atoms with van der Waals surface area (Å²) in [6.07, 6.45) is 0. The van der Waals surface area contributed by atoms with Crippen LogP contribution in [-0.4, -0.2) is 22.9 Å². The zero-order chi connectivity index (χ0) is 12.6. The van der Waals surface area contributed by atoms with E-state index >= 15 is 0 Å². The topological polar surface area (TPSA) is 44.1 Å². The molecule has 0 radical (unpaired) electrons. The molecule has 0 saturated carbocycles.